The van der Waals surface area contributed by atoms with Gasteiger partial charge in [0.05, 0.1) is 16.4 Å². The second kappa shape index (κ2) is 6.32. The summed E-state index contributed by atoms with van der Waals surface area (Å²) >= 11 is 0. The molecule has 1 aliphatic heterocycles. The molecule has 0 radical (unpaired) electrons. The molecule has 0 saturated carbocycles. The molecule has 0 spiro atoms. The van der Waals surface area contributed by atoms with E-state index in [4.69, 9.17) is 0 Å². The number of nitrogens with one attached hydrogen (secondary N) is 1. The van der Waals surface area contributed by atoms with Crippen LogP contribution in [-0.2, 0) is 16.3 Å². The fourth-order valence-corrected chi connectivity index (χ4v) is 3.79. The molecule has 1 aliphatic rings. The number of nitrogens with zero attached hydrogens (tertiary/aromatic N) is 1. The molecular formula is C13H18N2O4S. The quantitative estimate of drug-likeness (QED) is 0.654. The molecule has 6 nitrogen and oxygen atoms in total. The maximum Gasteiger partial charge on any atom is 0.269 e. The van der Waals surface area contributed by atoms with Gasteiger partial charge in [-0.15, -0.1) is 0 Å². The van der Waals surface area contributed by atoms with Crippen molar-refractivity contribution in [3.05, 3.63) is 39.9 Å². The Morgan fingerprint density at radius 3 is 2.35 bits per heavy atom. The topological polar surface area (TPSA) is 89.3 Å². The highest BCUT2D eigenvalue weighted by molar-refractivity contribution is 7.91. The van der Waals surface area contributed by atoms with Crippen molar-refractivity contribution in [3.63, 3.8) is 0 Å². The van der Waals surface area contributed by atoms with Gasteiger partial charge in [0.15, 0.2) is 0 Å². The van der Waals surface area contributed by atoms with Gasteiger partial charge in [0.1, 0.15) is 9.84 Å². The highest BCUT2D eigenvalue weighted by atomic mass is 32.2. The van der Waals surface area contributed by atoms with Gasteiger partial charge in [-0.2, -0.15) is 0 Å². The lowest BCUT2D eigenvalue weighted by Crippen LogP contribution is -2.38. The lowest BCUT2D eigenvalue weighted by atomic mass is 10.1. The monoisotopic (exact) mass is 298 g/mol. The lowest BCUT2D eigenvalue weighted by Gasteiger charge is -2.23. The Hall–Kier alpha value is -1.47. The summed E-state index contributed by atoms with van der Waals surface area (Å²) in [6.07, 6.45) is 2.12. The number of rotatable bonds is 5. The molecule has 0 amide bonds. The third-order valence-electron chi connectivity index (χ3n) is 3.55. The number of benzene rings is 1. The minimum Gasteiger partial charge on any atom is -0.314 e. The van der Waals surface area contributed by atoms with Crippen LogP contribution in [0, 0.1) is 10.1 Å². The van der Waals surface area contributed by atoms with E-state index in [0.29, 0.717) is 12.8 Å². The van der Waals surface area contributed by atoms with Gasteiger partial charge in [0.2, 0.25) is 0 Å². The number of hydrogen-bond acceptors (Lipinski definition) is 5. The van der Waals surface area contributed by atoms with Gasteiger partial charge in [-0.3, -0.25) is 10.1 Å². The molecule has 0 bridgehead atoms. The molecule has 0 aromatic heterocycles. The maximum atomic E-state index is 11.3. The normalized spacial score (nSPS) is 18.8. The standard InChI is InChI=1S/C13H18N2O4S/c16-15(17)13-3-1-11(2-4-13)5-8-14-12-6-9-20(18,19)10-7-12/h1-4,12,14H,5-10H2. The number of non-ortho nitro benzene ring substituents is 1. The zero-order valence-corrected chi connectivity index (χ0v) is 11.9. The molecule has 0 aliphatic carbocycles. The van der Waals surface area contributed by atoms with Crippen molar-refractivity contribution in [1.82, 2.24) is 5.32 Å². The van der Waals surface area contributed by atoms with Crippen LogP contribution in [0.1, 0.15) is 18.4 Å². The first-order valence-corrected chi connectivity index (χ1v) is 8.45. The van der Waals surface area contributed by atoms with Gasteiger partial charge in [-0.25, -0.2) is 8.42 Å². The molecule has 0 atom stereocenters. The van der Waals surface area contributed by atoms with Crippen LogP contribution >= 0.6 is 0 Å². The van der Waals surface area contributed by atoms with Crippen LogP contribution in [0.4, 0.5) is 5.69 Å². The van der Waals surface area contributed by atoms with E-state index in [1.54, 1.807) is 12.1 Å². The Morgan fingerprint density at radius 2 is 1.80 bits per heavy atom. The van der Waals surface area contributed by atoms with Crippen molar-refractivity contribution in [1.29, 1.82) is 0 Å². The Bertz CT molecular complexity index is 555. The van der Waals surface area contributed by atoms with Crippen LogP contribution < -0.4 is 5.32 Å². The van der Waals surface area contributed by atoms with E-state index in [1.807, 2.05) is 0 Å². The SMILES string of the molecule is O=[N+]([O-])c1ccc(CCNC2CCS(=O)(=O)CC2)cc1. The summed E-state index contributed by atoms with van der Waals surface area (Å²) in [6.45, 7) is 0.753. The summed E-state index contributed by atoms with van der Waals surface area (Å²) in [5, 5.41) is 13.9. The van der Waals surface area contributed by atoms with Crippen LogP contribution in [0.3, 0.4) is 0 Å². The highest BCUT2D eigenvalue weighted by Gasteiger charge is 2.22. The summed E-state index contributed by atoms with van der Waals surface area (Å²) in [6, 6.07) is 6.78. The number of nitro groups is 1. The van der Waals surface area contributed by atoms with Crippen LogP contribution in [0.5, 0.6) is 0 Å². The molecule has 1 aromatic carbocycles. The Labute approximate surface area is 118 Å². The lowest BCUT2D eigenvalue weighted by molar-refractivity contribution is -0.384. The zero-order valence-electron chi connectivity index (χ0n) is 11.1. The Kier molecular flexibility index (Phi) is 4.72. The summed E-state index contributed by atoms with van der Waals surface area (Å²) in [4.78, 5) is 10.1. The van der Waals surface area contributed by atoms with Gasteiger partial charge in [0, 0.05) is 18.2 Å². The largest absolute Gasteiger partial charge is 0.314 e. The van der Waals surface area contributed by atoms with Crippen molar-refractivity contribution in [2.45, 2.75) is 25.3 Å². The third-order valence-corrected chi connectivity index (χ3v) is 5.26. The molecule has 1 fully saturated rings. The van der Waals surface area contributed by atoms with Crippen molar-refractivity contribution in [3.8, 4) is 0 Å². The van der Waals surface area contributed by atoms with Gasteiger partial charge in [-0.1, -0.05) is 12.1 Å². The first-order valence-electron chi connectivity index (χ1n) is 6.63. The fraction of sp³-hybridized carbons (Fsp3) is 0.538. The fourth-order valence-electron chi connectivity index (χ4n) is 2.30. The molecule has 1 aromatic rings. The Morgan fingerprint density at radius 1 is 1.20 bits per heavy atom. The predicted molar refractivity (Wildman–Crippen MR) is 76.5 cm³/mol. The van der Waals surface area contributed by atoms with Crippen molar-refractivity contribution >= 4 is 15.5 Å². The number of hydrogen-bond donors (Lipinski definition) is 1. The van der Waals surface area contributed by atoms with Crippen LogP contribution in [0.25, 0.3) is 0 Å². The molecule has 1 N–H and O–H groups in total. The first-order chi connectivity index (χ1) is 9.46. The van der Waals surface area contributed by atoms with Gasteiger partial charge in [-0.05, 0) is 31.4 Å². The number of nitro benzene ring substituents is 1. The van der Waals surface area contributed by atoms with E-state index >= 15 is 0 Å². The minimum atomic E-state index is -2.81. The average Bonchev–Trinajstić information content (AvgIpc) is 2.41. The van der Waals surface area contributed by atoms with Crippen LogP contribution in [-0.4, -0.2) is 37.4 Å². The summed E-state index contributed by atoms with van der Waals surface area (Å²) in [7, 11) is -2.81. The van der Waals surface area contributed by atoms with Crippen LogP contribution in [0.2, 0.25) is 0 Å². The highest BCUT2D eigenvalue weighted by Crippen LogP contribution is 2.14. The molecule has 110 valence electrons. The zero-order chi connectivity index (χ0) is 14.6. The first kappa shape index (κ1) is 14.9. The van der Waals surface area contributed by atoms with Gasteiger partial charge < -0.3 is 5.32 Å². The van der Waals surface area contributed by atoms with Crippen molar-refractivity contribution < 1.29 is 13.3 Å². The molecule has 0 unspecified atom stereocenters. The molecule has 1 heterocycles. The Balaban J connectivity index is 1.75. The second-order valence-corrected chi connectivity index (χ2v) is 7.36. The smallest absolute Gasteiger partial charge is 0.269 e. The molecule has 2 rings (SSSR count). The average molecular weight is 298 g/mol. The summed E-state index contributed by atoms with van der Waals surface area (Å²) in [5.74, 6) is 0.532. The van der Waals surface area contributed by atoms with E-state index in [-0.39, 0.29) is 23.2 Å². The molecular weight excluding hydrogens is 280 g/mol. The van der Waals surface area contributed by atoms with E-state index in [1.165, 1.54) is 12.1 Å². The van der Waals surface area contributed by atoms with Crippen molar-refractivity contribution in [2.24, 2.45) is 0 Å². The molecule has 20 heavy (non-hydrogen) atoms. The maximum absolute atomic E-state index is 11.3. The minimum absolute atomic E-state index is 0.0965. The summed E-state index contributed by atoms with van der Waals surface area (Å²) < 4.78 is 22.6. The molecule has 1 saturated heterocycles. The van der Waals surface area contributed by atoms with Gasteiger partial charge >= 0.3 is 0 Å². The summed E-state index contributed by atoms with van der Waals surface area (Å²) in [5.41, 5.74) is 1.13. The second-order valence-electron chi connectivity index (χ2n) is 5.05. The van der Waals surface area contributed by atoms with Crippen LogP contribution in [0.15, 0.2) is 24.3 Å². The predicted octanol–water partition coefficient (Wildman–Crippen LogP) is 1.30. The van der Waals surface area contributed by atoms with E-state index in [0.717, 1.165) is 18.5 Å². The van der Waals surface area contributed by atoms with E-state index in [2.05, 4.69) is 5.32 Å². The number of sulfone groups is 1. The third kappa shape index (κ3) is 4.28. The van der Waals surface area contributed by atoms with E-state index < -0.39 is 14.8 Å². The van der Waals surface area contributed by atoms with Crippen molar-refractivity contribution in [2.75, 3.05) is 18.1 Å². The van der Waals surface area contributed by atoms with Gasteiger partial charge in [0.25, 0.3) is 5.69 Å². The molecule has 7 heteroatoms. The van der Waals surface area contributed by atoms with E-state index in [9.17, 15) is 18.5 Å².